The molecule has 1 aromatic carbocycles. The second-order valence-electron chi connectivity index (χ2n) is 6.46. The summed E-state index contributed by atoms with van der Waals surface area (Å²) in [6.07, 6.45) is -2.59. The topological polar surface area (TPSA) is 143 Å². The lowest BCUT2D eigenvalue weighted by Crippen LogP contribution is -2.57. The van der Waals surface area contributed by atoms with Crippen molar-refractivity contribution in [2.75, 3.05) is 13.7 Å². The number of aromatic hydroxyl groups is 1. The Morgan fingerprint density at radius 3 is 2.46 bits per heavy atom. The molecule has 1 saturated carbocycles. The fourth-order valence-electron chi connectivity index (χ4n) is 2.99. The first-order valence-corrected chi connectivity index (χ1v) is 8.71. The Morgan fingerprint density at radius 1 is 1.25 bits per heavy atom. The Balaban J connectivity index is 2.01. The predicted octanol–water partition coefficient (Wildman–Crippen LogP) is 0.136. The number of esters is 2. The Kier molecular flexibility index (Phi) is 7.00. The summed E-state index contributed by atoms with van der Waals surface area (Å²) in [6.45, 7) is 1.61. The van der Waals surface area contributed by atoms with Crippen molar-refractivity contribution in [3.63, 3.8) is 0 Å². The number of phenolic OH excluding ortho intramolecular Hbond substituents is 1. The first-order valence-electron chi connectivity index (χ1n) is 8.71. The number of phenols is 1. The Labute approximate surface area is 161 Å². The molecule has 9 nitrogen and oxygen atoms in total. The maximum atomic E-state index is 12.0. The van der Waals surface area contributed by atoms with Gasteiger partial charge in [0.1, 0.15) is 0 Å². The van der Waals surface area contributed by atoms with E-state index in [4.69, 9.17) is 14.2 Å². The zero-order valence-electron chi connectivity index (χ0n) is 15.6. The highest BCUT2D eigenvalue weighted by atomic mass is 16.6. The molecular weight excluding hydrogens is 372 g/mol. The van der Waals surface area contributed by atoms with E-state index in [-0.39, 0.29) is 18.1 Å². The molecule has 28 heavy (non-hydrogen) atoms. The summed E-state index contributed by atoms with van der Waals surface area (Å²) in [4.78, 5) is 23.9. The van der Waals surface area contributed by atoms with Crippen molar-refractivity contribution >= 4 is 18.0 Å². The van der Waals surface area contributed by atoms with Gasteiger partial charge in [0.25, 0.3) is 0 Å². The number of methoxy groups -OCH3 is 1. The van der Waals surface area contributed by atoms with Crippen LogP contribution >= 0.6 is 0 Å². The van der Waals surface area contributed by atoms with Crippen molar-refractivity contribution in [3.8, 4) is 11.5 Å². The highest BCUT2D eigenvalue weighted by Crippen LogP contribution is 2.32. The number of rotatable bonds is 6. The lowest BCUT2D eigenvalue weighted by molar-refractivity contribution is -0.199. The molecule has 9 heteroatoms. The molecule has 4 N–H and O–H groups in total. The molecule has 1 aromatic rings. The molecular formula is C19H24O9. The molecule has 1 aliphatic carbocycles. The normalized spacial score (nSPS) is 27.4. The molecule has 1 fully saturated rings. The van der Waals surface area contributed by atoms with Crippen LogP contribution in [0.5, 0.6) is 11.5 Å². The lowest BCUT2D eigenvalue weighted by Gasteiger charge is -2.39. The number of ether oxygens (including phenoxy) is 3. The number of benzene rings is 1. The van der Waals surface area contributed by atoms with Crippen LogP contribution in [-0.2, 0) is 19.1 Å². The molecule has 2 atom stereocenters. The van der Waals surface area contributed by atoms with Crippen LogP contribution in [-0.4, -0.2) is 70.0 Å². The molecule has 0 bridgehead atoms. The molecule has 1 aliphatic rings. The van der Waals surface area contributed by atoms with Gasteiger partial charge in [0, 0.05) is 18.9 Å². The van der Waals surface area contributed by atoms with Crippen LogP contribution in [0.3, 0.4) is 0 Å². The molecule has 0 amide bonds. The molecule has 0 spiro atoms. The van der Waals surface area contributed by atoms with Crippen LogP contribution < -0.4 is 4.74 Å². The highest BCUT2D eigenvalue weighted by molar-refractivity contribution is 5.87. The van der Waals surface area contributed by atoms with Crippen molar-refractivity contribution in [3.05, 3.63) is 29.8 Å². The zero-order chi connectivity index (χ0) is 20.9. The van der Waals surface area contributed by atoms with Crippen molar-refractivity contribution in [1.29, 1.82) is 0 Å². The lowest BCUT2D eigenvalue weighted by atomic mass is 9.79. The van der Waals surface area contributed by atoms with E-state index < -0.39 is 48.7 Å². The standard InChI is InChI=1S/C19H24O9/c1-3-27-18(24)19(25)9-13(21)17(14(22)10-19)28-16(23)7-5-11-4-6-12(20)15(8-11)26-2/h4-8,13-14,17,20-22,25H,3,9-10H2,1-2H3. The van der Waals surface area contributed by atoms with Gasteiger partial charge in [-0.05, 0) is 30.7 Å². The van der Waals surface area contributed by atoms with Gasteiger partial charge in [-0.15, -0.1) is 0 Å². The third-order valence-electron chi connectivity index (χ3n) is 4.38. The van der Waals surface area contributed by atoms with Gasteiger partial charge in [-0.25, -0.2) is 9.59 Å². The summed E-state index contributed by atoms with van der Waals surface area (Å²) in [5.74, 6) is -1.60. The quantitative estimate of drug-likeness (QED) is 0.390. The average molecular weight is 396 g/mol. The number of hydrogen-bond acceptors (Lipinski definition) is 9. The summed E-state index contributed by atoms with van der Waals surface area (Å²) in [5.41, 5.74) is -1.50. The summed E-state index contributed by atoms with van der Waals surface area (Å²) in [7, 11) is 1.39. The minimum absolute atomic E-state index is 0.0403. The largest absolute Gasteiger partial charge is 0.504 e. The second kappa shape index (κ2) is 9.05. The molecule has 2 unspecified atom stereocenters. The molecule has 0 radical (unpaired) electrons. The first-order chi connectivity index (χ1) is 13.2. The van der Waals surface area contributed by atoms with E-state index >= 15 is 0 Å². The average Bonchev–Trinajstić information content (AvgIpc) is 2.64. The summed E-state index contributed by atoms with van der Waals surface area (Å²) in [6, 6.07) is 4.45. The van der Waals surface area contributed by atoms with E-state index in [1.807, 2.05) is 0 Å². The number of aliphatic hydroxyl groups excluding tert-OH is 2. The number of carbonyl (C=O) groups excluding carboxylic acids is 2. The second-order valence-corrected chi connectivity index (χ2v) is 6.46. The summed E-state index contributed by atoms with van der Waals surface area (Å²) >= 11 is 0. The Morgan fingerprint density at radius 2 is 1.89 bits per heavy atom. The Bertz CT molecular complexity index is 731. The third kappa shape index (κ3) is 5.00. The summed E-state index contributed by atoms with van der Waals surface area (Å²) in [5, 5.41) is 40.2. The van der Waals surface area contributed by atoms with Crippen molar-refractivity contribution in [2.24, 2.45) is 0 Å². The summed E-state index contributed by atoms with van der Waals surface area (Å²) < 4.78 is 14.8. The van der Waals surface area contributed by atoms with Gasteiger partial charge >= 0.3 is 11.9 Å². The number of hydrogen-bond donors (Lipinski definition) is 4. The van der Waals surface area contributed by atoms with Gasteiger partial charge in [0.2, 0.25) is 0 Å². The van der Waals surface area contributed by atoms with Crippen molar-refractivity contribution in [2.45, 2.75) is 43.7 Å². The van der Waals surface area contributed by atoms with E-state index in [0.29, 0.717) is 5.56 Å². The molecule has 0 saturated heterocycles. The van der Waals surface area contributed by atoms with E-state index in [1.165, 1.54) is 25.3 Å². The van der Waals surface area contributed by atoms with Crippen LogP contribution in [0.2, 0.25) is 0 Å². The van der Waals surface area contributed by atoms with E-state index in [9.17, 15) is 30.0 Å². The Hall–Kier alpha value is -2.62. The van der Waals surface area contributed by atoms with Gasteiger partial charge in [-0.2, -0.15) is 0 Å². The van der Waals surface area contributed by atoms with Gasteiger partial charge < -0.3 is 34.6 Å². The van der Waals surface area contributed by atoms with E-state index in [2.05, 4.69) is 0 Å². The number of aliphatic hydroxyl groups is 3. The zero-order valence-corrected chi connectivity index (χ0v) is 15.6. The van der Waals surface area contributed by atoms with Gasteiger partial charge in [0.15, 0.2) is 23.2 Å². The number of carbonyl (C=O) groups is 2. The molecule has 0 aliphatic heterocycles. The minimum Gasteiger partial charge on any atom is -0.504 e. The fourth-order valence-corrected chi connectivity index (χ4v) is 2.99. The molecule has 2 rings (SSSR count). The minimum atomic E-state index is -2.05. The predicted molar refractivity (Wildman–Crippen MR) is 96.4 cm³/mol. The van der Waals surface area contributed by atoms with Crippen LogP contribution in [0.25, 0.3) is 6.08 Å². The van der Waals surface area contributed by atoms with Gasteiger partial charge in [-0.3, -0.25) is 0 Å². The van der Waals surface area contributed by atoms with Gasteiger partial charge in [0.05, 0.1) is 25.9 Å². The smallest absolute Gasteiger partial charge is 0.338 e. The van der Waals surface area contributed by atoms with Gasteiger partial charge in [-0.1, -0.05) is 6.07 Å². The first kappa shape index (κ1) is 21.7. The van der Waals surface area contributed by atoms with Crippen molar-refractivity contribution < 1.29 is 44.2 Å². The molecule has 0 heterocycles. The SMILES string of the molecule is CCOC(=O)C1(O)CC(O)C(OC(=O)C=Cc2ccc(O)c(OC)c2)C(O)C1. The van der Waals surface area contributed by atoms with Crippen LogP contribution in [0.15, 0.2) is 24.3 Å². The maximum absolute atomic E-state index is 12.0. The van der Waals surface area contributed by atoms with Crippen LogP contribution in [0.4, 0.5) is 0 Å². The van der Waals surface area contributed by atoms with E-state index in [0.717, 1.165) is 6.08 Å². The van der Waals surface area contributed by atoms with Crippen LogP contribution in [0, 0.1) is 0 Å². The molecule has 154 valence electrons. The third-order valence-corrected chi connectivity index (χ3v) is 4.38. The molecule has 0 aromatic heterocycles. The maximum Gasteiger partial charge on any atom is 0.338 e. The highest BCUT2D eigenvalue weighted by Gasteiger charge is 2.51. The van der Waals surface area contributed by atoms with Crippen LogP contribution in [0.1, 0.15) is 25.3 Å². The van der Waals surface area contributed by atoms with Crippen molar-refractivity contribution in [1.82, 2.24) is 0 Å². The fraction of sp³-hybridized carbons (Fsp3) is 0.474. The monoisotopic (exact) mass is 396 g/mol. The van der Waals surface area contributed by atoms with E-state index in [1.54, 1.807) is 13.0 Å².